The number of hydrogen-bond acceptors (Lipinski definition) is 4. The summed E-state index contributed by atoms with van der Waals surface area (Å²) >= 11 is 0. The third-order valence-electron chi connectivity index (χ3n) is 2.57. The first-order chi connectivity index (χ1) is 9.38. The zero-order valence-electron chi connectivity index (χ0n) is 10.3. The van der Waals surface area contributed by atoms with Gasteiger partial charge in [-0.25, -0.2) is 8.42 Å². The second-order valence-electron chi connectivity index (χ2n) is 4.04. The van der Waals surface area contributed by atoms with Crippen LogP contribution in [0.5, 0.6) is 5.75 Å². The molecule has 6 nitrogen and oxygen atoms in total. The maximum Gasteiger partial charge on any atom is 0.261 e. The van der Waals surface area contributed by atoms with Crippen molar-refractivity contribution in [1.82, 2.24) is 0 Å². The summed E-state index contributed by atoms with van der Waals surface area (Å²) in [5, 5.41) is 9.14. The predicted molar refractivity (Wildman–Crippen MR) is 73.9 cm³/mol. The molecular formula is C13H12N2O4S. The molecule has 0 atom stereocenters. The van der Waals surface area contributed by atoms with E-state index in [9.17, 15) is 13.2 Å². The number of carbonyl (C=O) groups excluding carboxylic acids is 1. The molecule has 20 heavy (non-hydrogen) atoms. The average Bonchev–Trinajstić information content (AvgIpc) is 2.39. The molecule has 0 spiro atoms. The van der Waals surface area contributed by atoms with E-state index in [2.05, 4.69) is 4.72 Å². The first-order valence-electron chi connectivity index (χ1n) is 5.60. The summed E-state index contributed by atoms with van der Waals surface area (Å²) in [7, 11) is -3.74. The molecule has 0 bridgehead atoms. The topological polar surface area (TPSA) is 109 Å². The molecular weight excluding hydrogens is 280 g/mol. The summed E-state index contributed by atoms with van der Waals surface area (Å²) in [6.45, 7) is 0. The highest BCUT2D eigenvalue weighted by molar-refractivity contribution is 7.92. The van der Waals surface area contributed by atoms with E-state index in [1.165, 1.54) is 48.5 Å². The summed E-state index contributed by atoms with van der Waals surface area (Å²) < 4.78 is 26.5. The van der Waals surface area contributed by atoms with Gasteiger partial charge in [-0.1, -0.05) is 0 Å². The third-order valence-corrected chi connectivity index (χ3v) is 3.97. The lowest BCUT2D eigenvalue weighted by Crippen LogP contribution is -2.14. The van der Waals surface area contributed by atoms with Crippen molar-refractivity contribution in [2.24, 2.45) is 5.73 Å². The van der Waals surface area contributed by atoms with Crippen LogP contribution in [0.1, 0.15) is 10.4 Å². The number of rotatable bonds is 4. The molecule has 2 aromatic rings. The van der Waals surface area contributed by atoms with Gasteiger partial charge in [0.2, 0.25) is 5.91 Å². The van der Waals surface area contributed by atoms with E-state index in [0.29, 0.717) is 5.69 Å². The van der Waals surface area contributed by atoms with Crippen molar-refractivity contribution in [2.75, 3.05) is 4.72 Å². The Morgan fingerprint density at radius 1 is 1.00 bits per heavy atom. The molecule has 0 aliphatic carbocycles. The fourth-order valence-corrected chi connectivity index (χ4v) is 2.60. The molecule has 2 rings (SSSR count). The van der Waals surface area contributed by atoms with Crippen molar-refractivity contribution in [3.8, 4) is 5.75 Å². The van der Waals surface area contributed by atoms with Crippen molar-refractivity contribution in [2.45, 2.75) is 4.90 Å². The molecule has 0 saturated heterocycles. The van der Waals surface area contributed by atoms with E-state index < -0.39 is 15.9 Å². The van der Waals surface area contributed by atoms with Crippen LogP contribution in [-0.2, 0) is 10.0 Å². The predicted octanol–water partition coefficient (Wildman–Crippen LogP) is 1.29. The van der Waals surface area contributed by atoms with Crippen LogP contribution in [-0.4, -0.2) is 19.4 Å². The molecule has 4 N–H and O–H groups in total. The van der Waals surface area contributed by atoms with Gasteiger partial charge in [0.1, 0.15) is 5.75 Å². The number of phenols is 1. The molecule has 2 aromatic carbocycles. The van der Waals surface area contributed by atoms with Gasteiger partial charge in [-0.05, 0) is 48.5 Å². The molecule has 0 aromatic heterocycles. The van der Waals surface area contributed by atoms with Crippen LogP contribution in [0.3, 0.4) is 0 Å². The van der Waals surface area contributed by atoms with Crippen molar-refractivity contribution >= 4 is 21.6 Å². The number of phenolic OH excluding ortho intramolecular Hbond substituents is 1. The van der Waals surface area contributed by atoms with Gasteiger partial charge in [-0.15, -0.1) is 0 Å². The van der Waals surface area contributed by atoms with Gasteiger partial charge in [-0.2, -0.15) is 0 Å². The summed E-state index contributed by atoms with van der Waals surface area (Å²) in [5.74, 6) is -0.604. The Kier molecular flexibility index (Phi) is 3.62. The highest BCUT2D eigenvalue weighted by atomic mass is 32.2. The zero-order valence-corrected chi connectivity index (χ0v) is 11.1. The first kappa shape index (κ1) is 13.9. The largest absolute Gasteiger partial charge is 0.508 e. The first-order valence-corrected chi connectivity index (χ1v) is 7.08. The fraction of sp³-hybridized carbons (Fsp3) is 0. The van der Waals surface area contributed by atoms with E-state index in [1.54, 1.807) is 0 Å². The lowest BCUT2D eigenvalue weighted by atomic mass is 10.2. The van der Waals surface area contributed by atoms with Gasteiger partial charge < -0.3 is 10.8 Å². The number of nitrogens with two attached hydrogens (primary N) is 1. The quantitative estimate of drug-likeness (QED) is 0.788. The van der Waals surface area contributed by atoms with E-state index >= 15 is 0 Å². The van der Waals surface area contributed by atoms with Crippen LogP contribution >= 0.6 is 0 Å². The van der Waals surface area contributed by atoms with E-state index in [1.807, 2.05) is 0 Å². The molecule has 0 aliphatic rings. The standard InChI is InChI=1S/C13H12N2O4S/c14-13(17)9-1-3-10(4-2-9)15-20(18,19)12-7-5-11(16)6-8-12/h1-8,15-16H,(H2,14,17). The third kappa shape index (κ3) is 3.07. The van der Waals surface area contributed by atoms with Gasteiger partial charge in [0.05, 0.1) is 4.90 Å². The number of amides is 1. The summed E-state index contributed by atoms with van der Waals surface area (Å²) in [6.07, 6.45) is 0. The molecule has 1 amide bonds. The number of anilines is 1. The highest BCUT2D eigenvalue weighted by Gasteiger charge is 2.14. The Bertz CT molecular complexity index is 722. The van der Waals surface area contributed by atoms with Crippen molar-refractivity contribution in [1.29, 1.82) is 0 Å². The fourth-order valence-electron chi connectivity index (χ4n) is 1.54. The average molecular weight is 292 g/mol. The second kappa shape index (κ2) is 5.22. The minimum atomic E-state index is -3.74. The summed E-state index contributed by atoms with van der Waals surface area (Å²) in [6, 6.07) is 10.9. The SMILES string of the molecule is NC(=O)c1ccc(NS(=O)(=O)c2ccc(O)cc2)cc1. The number of hydrogen-bond donors (Lipinski definition) is 3. The molecule has 7 heteroatoms. The van der Waals surface area contributed by atoms with E-state index in [-0.39, 0.29) is 16.2 Å². The van der Waals surface area contributed by atoms with Gasteiger partial charge >= 0.3 is 0 Å². The lowest BCUT2D eigenvalue weighted by molar-refractivity contribution is 0.100. The molecule has 0 saturated carbocycles. The smallest absolute Gasteiger partial charge is 0.261 e. The van der Waals surface area contributed by atoms with Crippen LogP contribution in [0.4, 0.5) is 5.69 Å². The maximum atomic E-state index is 12.0. The Balaban J connectivity index is 2.24. The Morgan fingerprint density at radius 3 is 2.05 bits per heavy atom. The number of carbonyl (C=O) groups is 1. The van der Waals surface area contributed by atoms with Crippen molar-refractivity contribution in [3.05, 3.63) is 54.1 Å². The Labute approximate surface area is 115 Å². The van der Waals surface area contributed by atoms with Crippen LogP contribution in [0.25, 0.3) is 0 Å². The van der Waals surface area contributed by atoms with Gasteiger partial charge in [0, 0.05) is 11.3 Å². The van der Waals surface area contributed by atoms with Gasteiger partial charge in [0.15, 0.2) is 0 Å². The number of nitrogens with one attached hydrogen (secondary N) is 1. The second-order valence-corrected chi connectivity index (χ2v) is 5.72. The van der Waals surface area contributed by atoms with Crippen LogP contribution in [0.15, 0.2) is 53.4 Å². The number of primary amides is 1. The van der Waals surface area contributed by atoms with Crippen LogP contribution in [0.2, 0.25) is 0 Å². The summed E-state index contributed by atoms with van der Waals surface area (Å²) in [5.41, 5.74) is 5.69. The Hall–Kier alpha value is -2.54. The number of aromatic hydroxyl groups is 1. The molecule has 0 radical (unpaired) electrons. The molecule has 104 valence electrons. The summed E-state index contributed by atoms with van der Waals surface area (Å²) in [4.78, 5) is 10.9. The molecule has 0 aliphatic heterocycles. The van der Waals surface area contributed by atoms with E-state index in [4.69, 9.17) is 10.8 Å². The van der Waals surface area contributed by atoms with Crippen LogP contribution < -0.4 is 10.5 Å². The molecule has 0 fully saturated rings. The normalized spacial score (nSPS) is 11.0. The molecule has 0 unspecified atom stereocenters. The van der Waals surface area contributed by atoms with Gasteiger partial charge in [0.25, 0.3) is 10.0 Å². The number of benzene rings is 2. The maximum absolute atomic E-state index is 12.0. The Morgan fingerprint density at radius 2 is 1.55 bits per heavy atom. The van der Waals surface area contributed by atoms with E-state index in [0.717, 1.165) is 0 Å². The minimum Gasteiger partial charge on any atom is -0.508 e. The monoisotopic (exact) mass is 292 g/mol. The van der Waals surface area contributed by atoms with Gasteiger partial charge in [-0.3, -0.25) is 9.52 Å². The van der Waals surface area contributed by atoms with Crippen LogP contribution in [0, 0.1) is 0 Å². The van der Waals surface area contributed by atoms with Crippen molar-refractivity contribution in [3.63, 3.8) is 0 Å². The zero-order chi connectivity index (χ0) is 14.8. The number of sulfonamides is 1. The lowest BCUT2D eigenvalue weighted by Gasteiger charge is -2.08. The minimum absolute atomic E-state index is 0.0187. The van der Waals surface area contributed by atoms with Crippen molar-refractivity contribution < 1.29 is 18.3 Å². The highest BCUT2D eigenvalue weighted by Crippen LogP contribution is 2.18. The molecule has 0 heterocycles.